The van der Waals surface area contributed by atoms with E-state index in [1.807, 2.05) is 0 Å². The van der Waals surface area contributed by atoms with Gasteiger partial charge in [0.05, 0.1) is 22.6 Å². The molecule has 6 heteroatoms. The van der Waals surface area contributed by atoms with Crippen LogP contribution in [0.1, 0.15) is 25.7 Å². The van der Waals surface area contributed by atoms with Crippen LogP contribution in [0.4, 0.5) is 4.39 Å². The number of carbonyl (C=O) groups excluding carboxylic acids is 1. The number of rotatable bonds is 3. The van der Waals surface area contributed by atoms with Crippen LogP contribution in [0.5, 0.6) is 0 Å². The Bertz CT molecular complexity index is 996. The van der Waals surface area contributed by atoms with Gasteiger partial charge >= 0.3 is 0 Å². The number of carbonyl (C=O) groups is 1. The number of fused-ring (bicyclic) bond motifs is 1. The Morgan fingerprint density at radius 3 is 2.44 bits per heavy atom. The first kappa shape index (κ1) is 16.8. The van der Waals surface area contributed by atoms with E-state index in [4.69, 9.17) is 0 Å². The van der Waals surface area contributed by atoms with Crippen molar-refractivity contribution in [2.75, 3.05) is 7.05 Å². The maximum atomic E-state index is 13.3. The van der Waals surface area contributed by atoms with Crippen LogP contribution in [0, 0.1) is 5.82 Å². The molecule has 5 nitrogen and oxygen atoms in total. The third kappa shape index (κ3) is 3.03. The zero-order valence-electron chi connectivity index (χ0n) is 14.2. The molecule has 0 spiro atoms. The summed E-state index contributed by atoms with van der Waals surface area (Å²) in [6.45, 7) is 3.26. The van der Waals surface area contributed by atoms with Crippen LogP contribution in [0.15, 0.2) is 53.3 Å². The minimum Gasteiger partial charge on any atom is -0.336 e. The average molecular weight is 339 g/mol. The fourth-order valence-corrected chi connectivity index (χ4v) is 2.72. The van der Waals surface area contributed by atoms with Crippen LogP contribution < -0.4 is 5.56 Å². The Kier molecular flexibility index (Phi) is 4.35. The van der Waals surface area contributed by atoms with Crippen molar-refractivity contribution in [2.45, 2.75) is 19.9 Å². The SMILES string of the molecule is CC(=O)N(C)C(C)c1nc2ccccc2c(=O)n1-c1ccc(F)cc1. The molecular formula is C19H18FN3O2. The highest BCUT2D eigenvalue weighted by molar-refractivity contribution is 5.78. The van der Waals surface area contributed by atoms with Gasteiger partial charge in [0, 0.05) is 14.0 Å². The Morgan fingerprint density at radius 1 is 1.16 bits per heavy atom. The van der Waals surface area contributed by atoms with E-state index in [2.05, 4.69) is 4.98 Å². The molecule has 25 heavy (non-hydrogen) atoms. The molecule has 0 aliphatic carbocycles. The molecule has 0 fully saturated rings. The number of para-hydroxylation sites is 1. The van der Waals surface area contributed by atoms with Crippen LogP contribution in [0.25, 0.3) is 16.6 Å². The standard InChI is InChI=1S/C19H18FN3O2/c1-12(22(3)13(2)24)18-21-17-7-5-4-6-16(17)19(25)23(18)15-10-8-14(20)9-11-15/h4-12H,1-3H3. The summed E-state index contributed by atoms with van der Waals surface area (Å²) in [6, 6.07) is 12.2. The molecule has 0 bridgehead atoms. The third-order valence-electron chi connectivity index (χ3n) is 4.34. The zero-order chi connectivity index (χ0) is 18.1. The number of halogens is 1. The van der Waals surface area contributed by atoms with Gasteiger partial charge in [0.2, 0.25) is 5.91 Å². The van der Waals surface area contributed by atoms with Crippen LogP contribution >= 0.6 is 0 Å². The molecule has 0 aliphatic rings. The molecule has 0 saturated heterocycles. The fourth-order valence-electron chi connectivity index (χ4n) is 2.72. The van der Waals surface area contributed by atoms with Crippen LogP contribution in [0.2, 0.25) is 0 Å². The number of hydrogen-bond acceptors (Lipinski definition) is 3. The van der Waals surface area contributed by atoms with E-state index >= 15 is 0 Å². The molecule has 2 aromatic carbocycles. The van der Waals surface area contributed by atoms with Gasteiger partial charge < -0.3 is 4.90 Å². The minimum absolute atomic E-state index is 0.138. The lowest BCUT2D eigenvalue weighted by Gasteiger charge is -2.26. The number of amides is 1. The Morgan fingerprint density at radius 2 is 1.80 bits per heavy atom. The van der Waals surface area contributed by atoms with E-state index < -0.39 is 6.04 Å². The molecule has 1 atom stereocenters. The monoisotopic (exact) mass is 339 g/mol. The van der Waals surface area contributed by atoms with Gasteiger partial charge in [0.15, 0.2) is 0 Å². The molecular weight excluding hydrogens is 321 g/mol. The quantitative estimate of drug-likeness (QED) is 0.737. The lowest BCUT2D eigenvalue weighted by molar-refractivity contribution is -0.129. The molecule has 1 heterocycles. The lowest BCUT2D eigenvalue weighted by atomic mass is 10.2. The Balaban J connectivity index is 2.33. The van der Waals surface area contributed by atoms with Gasteiger partial charge in [-0.3, -0.25) is 14.2 Å². The fraction of sp³-hybridized carbons (Fsp3) is 0.211. The summed E-state index contributed by atoms with van der Waals surface area (Å²) >= 11 is 0. The average Bonchev–Trinajstić information content (AvgIpc) is 2.61. The second kappa shape index (κ2) is 6.47. The molecule has 0 saturated carbocycles. The Hall–Kier alpha value is -3.02. The normalized spacial score (nSPS) is 12.2. The summed E-state index contributed by atoms with van der Waals surface area (Å²) in [6.07, 6.45) is 0. The molecule has 1 unspecified atom stereocenters. The summed E-state index contributed by atoms with van der Waals surface area (Å²) in [5, 5.41) is 0.466. The highest BCUT2D eigenvalue weighted by Gasteiger charge is 2.22. The molecule has 3 aromatic rings. The summed E-state index contributed by atoms with van der Waals surface area (Å²) in [7, 11) is 1.66. The second-order valence-electron chi connectivity index (χ2n) is 5.91. The number of aromatic nitrogens is 2. The molecule has 128 valence electrons. The van der Waals surface area contributed by atoms with Crippen molar-refractivity contribution in [3.8, 4) is 5.69 Å². The molecule has 1 amide bonds. The molecule has 0 aliphatic heterocycles. The lowest BCUT2D eigenvalue weighted by Crippen LogP contribution is -2.33. The van der Waals surface area contributed by atoms with Crippen molar-refractivity contribution in [2.24, 2.45) is 0 Å². The van der Waals surface area contributed by atoms with E-state index in [9.17, 15) is 14.0 Å². The summed E-state index contributed by atoms with van der Waals surface area (Å²) in [4.78, 5) is 30.9. The highest BCUT2D eigenvalue weighted by atomic mass is 19.1. The Labute approximate surface area is 144 Å². The molecule has 0 radical (unpaired) electrons. The van der Waals surface area contributed by atoms with Crippen molar-refractivity contribution >= 4 is 16.8 Å². The van der Waals surface area contributed by atoms with Gasteiger partial charge in [-0.25, -0.2) is 9.37 Å². The summed E-state index contributed by atoms with van der Waals surface area (Å²) < 4.78 is 14.7. The number of hydrogen-bond donors (Lipinski definition) is 0. The largest absolute Gasteiger partial charge is 0.336 e. The molecule has 0 N–H and O–H groups in total. The van der Waals surface area contributed by atoms with Gasteiger partial charge in [-0.1, -0.05) is 12.1 Å². The van der Waals surface area contributed by atoms with E-state index in [-0.39, 0.29) is 17.3 Å². The smallest absolute Gasteiger partial charge is 0.266 e. The van der Waals surface area contributed by atoms with Crippen LogP contribution in [-0.4, -0.2) is 27.4 Å². The van der Waals surface area contributed by atoms with Crippen molar-refractivity contribution in [1.29, 1.82) is 0 Å². The zero-order valence-corrected chi connectivity index (χ0v) is 14.2. The number of benzene rings is 2. The molecule has 1 aromatic heterocycles. The maximum Gasteiger partial charge on any atom is 0.266 e. The van der Waals surface area contributed by atoms with Gasteiger partial charge in [0.25, 0.3) is 5.56 Å². The predicted molar refractivity (Wildman–Crippen MR) is 94.2 cm³/mol. The van der Waals surface area contributed by atoms with Gasteiger partial charge in [-0.15, -0.1) is 0 Å². The van der Waals surface area contributed by atoms with Gasteiger partial charge in [-0.2, -0.15) is 0 Å². The van der Waals surface area contributed by atoms with Crippen molar-refractivity contribution < 1.29 is 9.18 Å². The van der Waals surface area contributed by atoms with Crippen LogP contribution in [0.3, 0.4) is 0 Å². The first-order chi connectivity index (χ1) is 11.9. The first-order valence-corrected chi connectivity index (χ1v) is 7.91. The first-order valence-electron chi connectivity index (χ1n) is 7.91. The van der Waals surface area contributed by atoms with Crippen molar-refractivity contribution in [1.82, 2.24) is 14.5 Å². The predicted octanol–water partition coefficient (Wildman–Crippen LogP) is 3.06. The maximum absolute atomic E-state index is 13.3. The minimum atomic E-state index is -0.431. The topological polar surface area (TPSA) is 55.2 Å². The number of nitrogens with zero attached hydrogens (tertiary/aromatic N) is 3. The van der Waals surface area contributed by atoms with Crippen molar-refractivity contribution in [3.05, 3.63) is 70.5 Å². The summed E-state index contributed by atoms with van der Waals surface area (Å²) in [5.74, 6) is -0.102. The van der Waals surface area contributed by atoms with Gasteiger partial charge in [-0.05, 0) is 43.3 Å². The summed E-state index contributed by atoms with van der Waals surface area (Å²) in [5.41, 5.74) is 0.809. The molecule has 3 rings (SSSR count). The van der Waals surface area contributed by atoms with Crippen LogP contribution in [-0.2, 0) is 4.79 Å². The van der Waals surface area contributed by atoms with E-state index in [0.717, 1.165) is 0 Å². The van der Waals surface area contributed by atoms with E-state index in [1.165, 1.54) is 40.7 Å². The highest BCUT2D eigenvalue weighted by Crippen LogP contribution is 2.21. The van der Waals surface area contributed by atoms with E-state index in [0.29, 0.717) is 22.4 Å². The second-order valence-corrected chi connectivity index (χ2v) is 5.91. The third-order valence-corrected chi connectivity index (χ3v) is 4.34. The van der Waals surface area contributed by atoms with E-state index in [1.54, 1.807) is 38.2 Å². The van der Waals surface area contributed by atoms with Crippen molar-refractivity contribution in [3.63, 3.8) is 0 Å². The van der Waals surface area contributed by atoms with Gasteiger partial charge in [0.1, 0.15) is 11.6 Å².